The molecule has 0 bridgehead atoms. The number of carbonyl (C=O) groups is 1. The van der Waals surface area contributed by atoms with Crippen molar-refractivity contribution in [1.82, 2.24) is 4.90 Å². The fourth-order valence-corrected chi connectivity index (χ4v) is 3.49. The summed E-state index contributed by atoms with van der Waals surface area (Å²) in [7, 11) is -2.92. The molecule has 1 fully saturated rings. The molecule has 1 aromatic rings. The first-order valence-electron chi connectivity index (χ1n) is 6.13. The average Bonchev–Trinajstić information content (AvgIpc) is 2.38. The molecule has 0 radical (unpaired) electrons. The van der Waals surface area contributed by atoms with Gasteiger partial charge >= 0.3 is 0 Å². The molecule has 0 N–H and O–H groups in total. The molecule has 0 aliphatic carbocycles. The minimum Gasteiger partial charge on any atom is -0.292 e. The molecule has 0 spiro atoms. The molecule has 1 saturated heterocycles. The third-order valence-corrected chi connectivity index (χ3v) is 5.30. The van der Waals surface area contributed by atoms with Crippen LogP contribution in [0, 0.1) is 0 Å². The van der Waals surface area contributed by atoms with Gasteiger partial charge in [0.15, 0.2) is 15.6 Å². The Kier molecular flexibility index (Phi) is 4.28. The van der Waals surface area contributed by atoms with Gasteiger partial charge in [-0.15, -0.1) is 0 Å². The second kappa shape index (κ2) is 5.61. The Morgan fingerprint density at radius 1 is 1.21 bits per heavy atom. The number of sulfone groups is 1. The molecule has 1 aliphatic rings. The third kappa shape index (κ3) is 3.55. The van der Waals surface area contributed by atoms with Gasteiger partial charge in [-0.3, -0.25) is 9.69 Å². The molecule has 0 amide bonds. The van der Waals surface area contributed by atoms with Gasteiger partial charge < -0.3 is 0 Å². The third-order valence-electron chi connectivity index (χ3n) is 3.43. The van der Waals surface area contributed by atoms with Gasteiger partial charge in [-0.25, -0.2) is 8.42 Å². The fraction of sp³-hybridized carbons (Fsp3) is 0.462. The first kappa shape index (κ1) is 14.5. The average molecular weight is 302 g/mol. The lowest BCUT2D eigenvalue weighted by Crippen LogP contribution is -2.47. The normalized spacial score (nSPS) is 20.9. The van der Waals surface area contributed by atoms with E-state index in [1.165, 1.54) is 0 Å². The van der Waals surface area contributed by atoms with Gasteiger partial charge in [-0.1, -0.05) is 11.6 Å². The Balaban J connectivity index is 2.06. The second-order valence-electron chi connectivity index (χ2n) is 4.73. The monoisotopic (exact) mass is 301 g/mol. The zero-order chi connectivity index (χ0) is 14.0. The van der Waals surface area contributed by atoms with E-state index in [0.717, 1.165) is 0 Å². The van der Waals surface area contributed by atoms with Crippen LogP contribution >= 0.6 is 11.6 Å². The lowest BCUT2D eigenvalue weighted by Gasteiger charge is -2.31. The zero-order valence-electron chi connectivity index (χ0n) is 10.7. The molecular formula is C13H16ClNO3S. The molecule has 6 heteroatoms. The molecule has 0 saturated carbocycles. The van der Waals surface area contributed by atoms with Crippen LogP contribution < -0.4 is 0 Å². The topological polar surface area (TPSA) is 54.5 Å². The Morgan fingerprint density at radius 3 is 2.26 bits per heavy atom. The molecule has 0 aromatic heterocycles. The summed E-state index contributed by atoms with van der Waals surface area (Å²) in [5.41, 5.74) is 0.602. The molecule has 2 rings (SSSR count). The van der Waals surface area contributed by atoms with Crippen molar-refractivity contribution in [3.63, 3.8) is 0 Å². The first-order valence-corrected chi connectivity index (χ1v) is 8.33. The van der Waals surface area contributed by atoms with Crippen LogP contribution in [0.5, 0.6) is 0 Å². The molecule has 104 valence electrons. The van der Waals surface area contributed by atoms with E-state index in [1.807, 2.05) is 11.8 Å². The van der Waals surface area contributed by atoms with E-state index in [1.54, 1.807) is 24.3 Å². The van der Waals surface area contributed by atoms with Crippen molar-refractivity contribution < 1.29 is 13.2 Å². The molecular weight excluding hydrogens is 286 g/mol. The van der Waals surface area contributed by atoms with Gasteiger partial charge in [-0.2, -0.15) is 0 Å². The van der Waals surface area contributed by atoms with Crippen LogP contribution in [0.1, 0.15) is 17.3 Å². The molecule has 1 heterocycles. The largest absolute Gasteiger partial charge is 0.292 e. The Morgan fingerprint density at radius 2 is 1.74 bits per heavy atom. The predicted molar refractivity (Wildman–Crippen MR) is 75.5 cm³/mol. The smallest absolute Gasteiger partial charge is 0.179 e. The molecule has 4 nitrogen and oxygen atoms in total. The van der Waals surface area contributed by atoms with Crippen molar-refractivity contribution >= 4 is 27.2 Å². The molecule has 1 unspecified atom stereocenters. The summed E-state index contributed by atoms with van der Waals surface area (Å²) in [4.78, 5) is 14.2. The number of Topliss-reactive ketones (excluding diaryl/α,β-unsaturated/α-hetero) is 1. The second-order valence-corrected chi connectivity index (χ2v) is 7.47. The van der Waals surface area contributed by atoms with Gasteiger partial charge in [0, 0.05) is 23.7 Å². The van der Waals surface area contributed by atoms with Gasteiger partial charge in [0.2, 0.25) is 0 Å². The van der Waals surface area contributed by atoms with Crippen LogP contribution in [0.4, 0.5) is 0 Å². The number of hydrogen-bond acceptors (Lipinski definition) is 4. The Bertz CT molecular complexity index is 554. The molecule has 1 aliphatic heterocycles. The van der Waals surface area contributed by atoms with Crippen LogP contribution in [-0.4, -0.2) is 49.7 Å². The predicted octanol–water partition coefficient (Wildman–Crippen LogP) is 1.64. The van der Waals surface area contributed by atoms with E-state index in [-0.39, 0.29) is 23.3 Å². The number of hydrogen-bond donors (Lipinski definition) is 0. The SMILES string of the molecule is CC(C(=O)c1ccc(Cl)cc1)N1CCS(=O)(=O)CC1. The summed E-state index contributed by atoms with van der Waals surface area (Å²) in [6.07, 6.45) is 0. The number of halogens is 1. The van der Waals surface area contributed by atoms with Crippen LogP contribution in [0.2, 0.25) is 5.02 Å². The maximum absolute atomic E-state index is 12.3. The van der Waals surface area contributed by atoms with Crippen molar-refractivity contribution in [2.24, 2.45) is 0 Å². The molecule has 19 heavy (non-hydrogen) atoms. The van der Waals surface area contributed by atoms with E-state index in [9.17, 15) is 13.2 Å². The number of nitrogens with zero attached hydrogens (tertiary/aromatic N) is 1. The van der Waals surface area contributed by atoms with Crippen molar-refractivity contribution in [3.05, 3.63) is 34.9 Å². The first-order chi connectivity index (χ1) is 8.89. The highest BCUT2D eigenvalue weighted by atomic mass is 35.5. The summed E-state index contributed by atoms with van der Waals surface area (Å²) in [5, 5.41) is 0.591. The van der Waals surface area contributed by atoms with Crippen LogP contribution in [0.25, 0.3) is 0 Å². The summed E-state index contributed by atoms with van der Waals surface area (Å²) >= 11 is 5.79. The quantitative estimate of drug-likeness (QED) is 0.797. The number of ketones is 1. The minimum absolute atomic E-state index is 0.00374. The van der Waals surface area contributed by atoms with Crippen molar-refractivity contribution in [3.8, 4) is 0 Å². The van der Waals surface area contributed by atoms with E-state index in [4.69, 9.17) is 11.6 Å². The van der Waals surface area contributed by atoms with Crippen molar-refractivity contribution in [2.75, 3.05) is 24.6 Å². The maximum atomic E-state index is 12.3. The highest BCUT2D eigenvalue weighted by Gasteiger charge is 2.28. The van der Waals surface area contributed by atoms with Gasteiger partial charge in [0.1, 0.15) is 0 Å². The maximum Gasteiger partial charge on any atom is 0.179 e. The summed E-state index contributed by atoms with van der Waals surface area (Å²) in [5.74, 6) is 0.257. The summed E-state index contributed by atoms with van der Waals surface area (Å²) in [6.45, 7) is 2.65. The minimum atomic E-state index is -2.92. The van der Waals surface area contributed by atoms with Crippen LogP contribution in [0.3, 0.4) is 0 Å². The summed E-state index contributed by atoms with van der Waals surface area (Å²) in [6, 6.07) is 6.45. The zero-order valence-corrected chi connectivity index (χ0v) is 12.2. The standard InChI is InChI=1S/C13H16ClNO3S/c1-10(15-6-8-19(17,18)9-7-15)13(16)11-2-4-12(14)5-3-11/h2-5,10H,6-9H2,1H3. The van der Waals surface area contributed by atoms with Gasteiger partial charge in [-0.05, 0) is 31.2 Å². The van der Waals surface area contributed by atoms with E-state index >= 15 is 0 Å². The van der Waals surface area contributed by atoms with Gasteiger partial charge in [0.25, 0.3) is 0 Å². The van der Waals surface area contributed by atoms with E-state index < -0.39 is 9.84 Å². The lowest BCUT2D eigenvalue weighted by molar-refractivity contribution is 0.0849. The molecule has 1 atom stereocenters. The number of rotatable bonds is 3. The highest BCUT2D eigenvalue weighted by Crippen LogP contribution is 2.15. The van der Waals surface area contributed by atoms with E-state index in [0.29, 0.717) is 23.7 Å². The molecule has 1 aromatic carbocycles. The van der Waals surface area contributed by atoms with Crippen LogP contribution in [-0.2, 0) is 9.84 Å². The highest BCUT2D eigenvalue weighted by molar-refractivity contribution is 7.91. The number of benzene rings is 1. The number of carbonyl (C=O) groups excluding carboxylic acids is 1. The van der Waals surface area contributed by atoms with Crippen molar-refractivity contribution in [2.45, 2.75) is 13.0 Å². The fourth-order valence-electron chi connectivity index (χ4n) is 2.14. The Labute approximate surface area is 118 Å². The van der Waals surface area contributed by atoms with Crippen LogP contribution in [0.15, 0.2) is 24.3 Å². The van der Waals surface area contributed by atoms with Crippen molar-refractivity contribution in [1.29, 1.82) is 0 Å². The lowest BCUT2D eigenvalue weighted by atomic mass is 10.0. The van der Waals surface area contributed by atoms with E-state index in [2.05, 4.69) is 0 Å². The van der Waals surface area contributed by atoms with Gasteiger partial charge in [0.05, 0.1) is 17.5 Å². The Hall–Kier alpha value is -0.910. The summed E-state index contributed by atoms with van der Waals surface area (Å²) < 4.78 is 22.7.